The summed E-state index contributed by atoms with van der Waals surface area (Å²) in [6.07, 6.45) is 3.75. The molecule has 0 saturated heterocycles. The van der Waals surface area contributed by atoms with Crippen LogP contribution >= 0.6 is 15.9 Å². The van der Waals surface area contributed by atoms with E-state index in [1.54, 1.807) is 10.9 Å². The number of aromatic nitrogens is 4. The molecule has 0 aliphatic heterocycles. The zero-order valence-electron chi connectivity index (χ0n) is 11.9. The van der Waals surface area contributed by atoms with E-state index in [0.717, 1.165) is 24.3 Å². The van der Waals surface area contributed by atoms with Crippen LogP contribution in [-0.2, 0) is 19.6 Å². The minimum atomic E-state index is -0.187. The van der Waals surface area contributed by atoms with Gasteiger partial charge in [-0.15, -0.1) is 0 Å². The second-order valence-corrected chi connectivity index (χ2v) is 5.31. The van der Waals surface area contributed by atoms with E-state index in [1.807, 2.05) is 31.6 Å². The van der Waals surface area contributed by atoms with Crippen molar-refractivity contribution in [2.24, 2.45) is 0 Å². The molecular formula is C13H18BrN5O. The smallest absolute Gasteiger partial charge is 0.273 e. The van der Waals surface area contributed by atoms with Gasteiger partial charge in [-0.1, -0.05) is 0 Å². The van der Waals surface area contributed by atoms with Gasteiger partial charge in [0.1, 0.15) is 0 Å². The molecule has 0 fully saturated rings. The molecule has 1 amide bonds. The van der Waals surface area contributed by atoms with Crippen LogP contribution in [0.4, 0.5) is 0 Å². The van der Waals surface area contributed by atoms with Crippen molar-refractivity contribution in [2.75, 3.05) is 0 Å². The number of nitrogens with zero attached hydrogens (tertiary/aromatic N) is 4. The van der Waals surface area contributed by atoms with Gasteiger partial charge in [-0.25, -0.2) is 0 Å². The molecule has 1 N–H and O–H groups in total. The number of carbonyl (C=O) groups is 1. The molecule has 0 aromatic carbocycles. The van der Waals surface area contributed by atoms with E-state index in [0.29, 0.717) is 16.7 Å². The maximum Gasteiger partial charge on any atom is 0.273 e. The Bertz CT molecular complexity index is 616. The Morgan fingerprint density at radius 1 is 1.25 bits per heavy atom. The number of halogens is 1. The first-order valence-corrected chi connectivity index (χ1v) is 7.38. The van der Waals surface area contributed by atoms with Crippen LogP contribution < -0.4 is 5.32 Å². The fourth-order valence-corrected chi connectivity index (χ4v) is 2.36. The minimum Gasteiger partial charge on any atom is -0.346 e. The lowest BCUT2D eigenvalue weighted by Gasteiger charge is -2.02. The Labute approximate surface area is 126 Å². The van der Waals surface area contributed by atoms with E-state index in [9.17, 15) is 4.79 Å². The third kappa shape index (κ3) is 3.09. The molecule has 0 spiro atoms. The Hall–Kier alpha value is -1.63. The number of rotatable bonds is 5. The van der Waals surface area contributed by atoms with E-state index in [4.69, 9.17) is 0 Å². The summed E-state index contributed by atoms with van der Waals surface area (Å²) in [6, 6.07) is 0. The molecule has 108 valence electrons. The van der Waals surface area contributed by atoms with Gasteiger partial charge in [0, 0.05) is 37.6 Å². The Morgan fingerprint density at radius 2 is 1.90 bits per heavy atom. The van der Waals surface area contributed by atoms with Crippen molar-refractivity contribution in [3.8, 4) is 0 Å². The third-order valence-electron chi connectivity index (χ3n) is 3.07. The number of hydrogen-bond acceptors (Lipinski definition) is 3. The van der Waals surface area contributed by atoms with Crippen LogP contribution in [-0.4, -0.2) is 25.5 Å². The average molecular weight is 340 g/mol. The SMILES string of the molecule is CCn1cc(CNC(=O)c2nn(CC)cc2Br)c(C)n1. The van der Waals surface area contributed by atoms with Crippen LogP contribution in [0.3, 0.4) is 0 Å². The highest BCUT2D eigenvalue weighted by Crippen LogP contribution is 2.15. The summed E-state index contributed by atoms with van der Waals surface area (Å²) in [5, 5.41) is 11.4. The molecule has 0 unspecified atom stereocenters. The number of hydrogen-bond donors (Lipinski definition) is 1. The van der Waals surface area contributed by atoms with Gasteiger partial charge in [0.15, 0.2) is 5.69 Å². The van der Waals surface area contributed by atoms with Crippen molar-refractivity contribution >= 4 is 21.8 Å². The normalized spacial score (nSPS) is 10.8. The van der Waals surface area contributed by atoms with Gasteiger partial charge in [0.2, 0.25) is 0 Å². The second-order valence-electron chi connectivity index (χ2n) is 4.46. The highest BCUT2D eigenvalue weighted by molar-refractivity contribution is 9.10. The van der Waals surface area contributed by atoms with Gasteiger partial charge >= 0.3 is 0 Å². The highest BCUT2D eigenvalue weighted by Gasteiger charge is 2.15. The molecule has 7 heteroatoms. The van der Waals surface area contributed by atoms with Crippen LogP contribution in [0.1, 0.15) is 35.6 Å². The van der Waals surface area contributed by atoms with Crippen LogP contribution in [0.15, 0.2) is 16.9 Å². The standard InChI is InChI=1S/C13H18BrN5O/c1-4-18-7-10(9(3)16-18)6-15-13(20)12-11(14)8-19(5-2)17-12/h7-8H,4-6H2,1-3H3,(H,15,20). The molecule has 0 atom stereocenters. The molecule has 0 bridgehead atoms. The third-order valence-corrected chi connectivity index (χ3v) is 3.65. The van der Waals surface area contributed by atoms with Crippen LogP contribution in [0, 0.1) is 6.92 Å². The maximum absolute atomic E-state index is 12.1. The van der Waals surface area contributed by atoms with E-state index in [-0.39, 0.29) is 5.91 Å². The molecule has 0 radical (unpaired) electrons. The topological polar surface area (TPSA) is 64.7 Å². The quantitative estimate of drug-likeness (QED) is 0.907. The van der Waals surface area contributed by atoms with Crippen molar-refractivity contribution in [2.45, 2.75) is 40.4 Å². The lowest BCUT2D eigenvalue weighted by atomic mass is 10.2. The Balaban J connectivity index is 2.04. The molecule has 0 aliphatic rings. The van der Waals surface area contributed by atoms with Crippen molar-refractivity contribution in [1.29, 1.82) is 0 Å². The summed E-state index contributed by atoms with van der Waals surface area (Å²) >= 11 is 3.35. The molecular weight excluding hydrogens is 322 g/mol. The van der Waals surface area contributed by atoms with Gasteiger partial charge < -0.3 is 5.32 Å². The first-order chi connectivity index (χ1) is 9.55. The van der Waals surface area contributed by atoms with Crippen LogP contribution in [0.5, 0.6) is 0 Å². The van der Waals surface area contributed by atoms with Gasteiger partial charge in [0.25, 0.3) is 5.91 Å². The molecule has 0 saturated carbocycles. The summed E-state index contributed by atoms with van der Waals surface area (Å²) in [5.41, 5.74) is 2.36. The van der Waals surface area contributed by atoms with Crippen LogP contribution in [0.2, 0.25) is 0 Å². The highest BCUT2D eigenvalue weighted by atomic mass is 79.9. The first-order valence-electron chi connectivity index (χ1n) is 6.59. The average Bonchev–Trinajstić information content (AvgIpc) is 2.99. The lowest BCUT2D eigenvalue weighted by molar-refractivity contribution is 0.0944. The lowest BCUT2D eigenvalue weighted by Crippen LogP contribution is -2.24. The summed E-state index contributed by atoms with van der Waals surface area (Å²) in [5.74, 6) is -0.187. The van der Waals surface area contributed by atoms with E-state index in [2.05, 4.69) is 31.4 Å². The maximum atomic E-state index is 12.1. The minimum absolute atomic E-state index is 0.187. The second kappa shape index (κ2) is 6.21. The Kier molecular flexibility index (Phi) is 4.59. The summed E-state index contributed by atoms with van der Waals surface area (Å²) < 4.78 is 4.29. The number of nitrogens with one attached hydrogen (secondary N) is 1. The number of carbonyl (C=O) groups excluding carboxylic acids is 1. The number of amides is 1. The van der Waals surface area contributed by atoms with E-state index < -0.39 is 0 Å². The zero-order valence-corrected chi connectivity index (χ0v) is 13.4. The van der Waals surface area contributed by atoms with Crippen molar-refractivity contribution in [1.82, 2.24) is 24.9 Å². The molecule has 20 heavy (non-hydrogen) atoms. The molecule has 2 aromatic rings. The van der Waals surface area contributed by atoms with E-state index >= 15 is 0 Å². The van der Waals surface area contributed by atoms with E-state index in [1.165, 1.54) is 0 Å². The summed E-state index contributed by atoms with van der Waals surface area (Å²) in [4.78, 5) is 12.1. The monoisotopic (exact) mass is 339 g/mol. The Morgan fingerprint density at radius 3 is 2.45 bits per heavy atom. The summed E-state index contributed by atoms with van der Waals surface area (Å²) in [7, 11) is 0. The molecule has 0 aliphatic carbocycles. The fraction of sp³-hybridized carbons (Fsp3) is 0.462. The zero-order chi connectivity index (χ0) is 14.7. The predicted molar refractivity (Wildman–Crippen MR) is 79.4 cm³/mol. The molecule has 6 nitrogen and oxygen atoms in total. The predicted octanol–water partition coefficient (Wildman–Crippen LogP) is 2.12. The first kappa shape index (κ1) is 14.8. The fourth-order valence-electron chi connectivity index (χ4n) is 1.87. The van der Waals surface area contributed by atoms with Gasteiger partial charge in [-0.2, -0.15) is 10.2 Å². The van der Waals surface area contributed by atoms with Gasteiger partial charge in [0.05, 0.1) is 10.2 Å². The van der Waals surface area contributed by atoms with Gasteiger partial charge in [-0.05, 0) is 36.7 Å². The van der Waals surface area contributed by atoms with Gasteiger partial charge in [-0.3, -0.25) is 14.2 Å². The van der Waals surface area contributed by atoms with Crippen LogP contribution in [0.25, 0.3) is 0 Å². The molecule has 2 aromatic heterocycles. The summed E-state index contributed by atoms with van der Waals surface area (Å²) in [6.45, 7) is 7.95. The molecule has 2 heterocycles. The van der Waals surface area contributed by atoms with Crippen molar-refractivity contribution in [3.05, 3.63) is 33.8 Å². The van der Waals surface area contributed by atoms with Crippen molar-refractivity contribution in [3.63, 3.8) is 0 Å². The number of aryl methyl sites for hydroxylation is 3. The largest absolute Gasteiger partial charge is 0.346 e. The molecule has 2 rings (SSSR count). The van der Waals surface area contributed by atoms with Crippen molar-refractivity contribution < 1.29 is 4.79 Å².